The van der Waals surface area contributed by atoms with Crippen molar-refractivity contribution in [3.05, 3.63) is 64.2 Å². The number of likely N-dealkylation sites (N-methyl/N-ethyl adjacent to an activating group) is 1. The number of benzene rings is 2. The maximum Gasteiger partial charge on any atom is 0.416 e. The first kappa shape index (κ1) is 27.4. The molecule has 2 aliphatic heterocycles. The summed E-state index contributed by atoms with van der Waals surface area (Å²) in [6, 6.07) is 9.09. The van der Waals surface area contributed by atoms with Crippen LogP contribution in [-0.2, 0) is 6.18 Å². The first-order valence-corrected chi connectivity index (χ1v) is 12.8. The van der Waals surface area contributed by atoms with E-state index < -0.39 is 11.7 Å². The molecular weight excluding hydrogens is 483 g/mol. The van der Waals surface area contributed by atoms with Crippen LogP contribution in [0.25, 0.3) is 0 Å². The number of likely N-dealkylation sites (tertiary alicyclic amines) is 2. The Kier molecular flexibility index (Phi) is 8.16. The zero-order valence-corrected chi connectivity index (χ0v) is 21.9. The first-order chi connectivity index (χ1) is 17.5. The Bertz CT molecular complexity index is 1110. The van der Waals surface area contributed by atoms with Gasteiger partial charge in [-0.15, -0.1) is 0 Å². The van der Waals surface area contributed by atoms with Crippen LogP contribution in [0, 0.1) is 13.8 Å². The van der Waals surface area contributed by atoms with Crippen LogP contribution in [-0.4, -0.2) is 84.2 Å². The average molecular weight is 520 g/mol. The number of aliphatic hydroxyl groups excluding tert-OH is 1. The van der Waals surface area contributed by atoms with Gasteiger partial charge in [0.05, 0.1) is 12.2 Å². The number of carbonyl (C=O) groups excluding carboxylic acids is 1. The van der Waals surface area contributed by atoms with Crippen molar-refractivity contribution in [2.75, 3.05) is 46.4 Å². The molecule has 2 heterocycles. The minimum Gasteiger partial charge on any atom is -0.492 e. The monoisotopic (exact) mass is 519 g/mol. The third-order valence-electron chi connectivity index (χ3n) is 7.94. The van der Waals surface area contributed by atoms with E-state index in [1.54, 1.807) is 0 Å². The van der Waals surface area contributed by atoms with Crippen molar-refractivity contribution in [3.8, 4) is 5.75 Å². The third kappa shape index (κ3) is 5.78. The maximum absolute atomic E-state index is 13.0. The number of hydrogen-bond acceptors (Lipinski definition) is 5. The van der Waals surface area contributed by atoms with Crippen LogP contribution < -0.4 is 4.74 Å². The number of piperazine rings is 1. The fraction of sp³-hybridized carbons (Fsp3) is 0.536. The maximum atomic E-state index is 13.0. The van der Waals surface area contributed by atoms with Gasteiger partial charge in [0, 0.05) is 49.9 Å². The van der Waals surface area contributed by atoms with Crippen LogP contribution >= 0.6 is 0 Å². The number of alkyl halides is 3. The molecule has 2 fully saturated rings. The Morgan fingerprint density at radius 1 is 1.08 bits per heavy atom. The number of rotatable bonds is 9. The van der Waals surface area contributed by atoms with E-state index in [0.717, 1.165) is 43.0 Å². The largest absolute Gasteiger partial charge is 0.492 e. The van der Waals surface area contributed by atoms with Crippen molar-refractivity contribution >= 4 is 5.91 Å². The molecule has 0 saturated carbocycles. The van der Waals surface area contributed by atoms with Crippen molar-refractivity contribution < 1.29 is 27.8 Å². The first-order valence-electron chi connectivity index (χ1n) is 12.8. The molecule has 2 bridgehead atoms. The van der Waals surface area contributed by atoms with Crippen LogP contribution in [0.3, 0.4) is 0 Å². The zero-order valence-electron chi connectivity index (χ0n) is 21.9. The molecule has 2 aromatic carbocycles. The fourth-order valence-electron chi connectivity index (χ4n) is 5.59. The van der Waals surface area contributed by atoms with E-state index in [-0.39, 0.29) is 30.6 Å². The summed E-state index contributed by atoms with van der Waals surface area (Å²) in [6.45, 7) is 9.71. The van der Waals surface area contributed by atoms with E-state index in [0.29, 0.717) is 25.3 Å². The van der Waals surface area contributed by atoms with E-state index in [2.05, 4.69) is 31.7 Å². The van der Waals surface area contributed by atoms with Gasteiger partial charge < -0.3 is 19.6 Å². The SMILES string of the molecule is Cc1c(OCCN(C)CCO)ccc([C@H](C)N2C[C@@H]3C[C@H]2CN3C(=O)c2ccc(C(F)(F)F)cc2)c1C. The molecule has 0 aliphatic carbocycles. The Morgan fingerprint density at radius 3 is 2.38 bits per heavy atom. The second kappa shape index (κ2) is 11.0. The summed E-state index contributed by atoms with van der Waals surface area (Å²) in [4.78, 5) is 19.3. The standard InChI is InChI=1S/C28H36F3N3O3/c1-18-19(2)26(37-14-12-32(4)11-13-35)10-9-25(18)20(3)33-16-24-15-23(33)17-34(24)27(36)21-5-7-22(8-6-21)28(29,30)31/h5-10,20,23-24,35H,11-17H2,1-4H3/t20-,23-,24-/m0/s1. The topological polar surface area (TPSA) is 56.3 Å². The Balaban J connectivity index is 1.38. The lowest BCUT2D eigenvalue weighted by molar-refractivity contribution is -0.137. The molecule has 0 unspecified atom stereocenters. The van der Waals surface area contributed by atoms with Crippen LogP contribution in [0.5, 0.6) is 5.75 Å². The second-order valence-electron chi connectivity index (χ2n) is 10.2. The molecule has 1 amide bonds. The molecule has 9 heteroatoms. The number of nitrogens with zero attached hydrogens (tertiary/aromatic N) is 3. The minimum atomic E-state index is -4.41. The van der Waals surface area contributed by atoms with Gasteiger partial charge in [-0.3, -0.25) is 9.69 Å². The number of fused-ring (bicyclic) bond motifs is 2. The highest BCUT2D eigenvalue weighted by Gasteiger charge is 2.47. The van der Waals surface area contributed by atoms with Crippen molar-refractivity contribution in [2.24, 2.45) is 0 Å². The van der Waals surface area contributed by atoms with Gasteiger partial charge in [0.1, 0.15) is 12.4 Å². The van der Waals surface area contributed by atoms with Crippen LogP contribution in [0.15, 0.2) is 36.4 Å². The predicted molar refractivity (Wildman–Crippen MR) is 136 cm³/mol. The normalized spacial score (nSPS) is 20.6. The van der Waals surface area contributed by atoms with Gasteiger partial charge in [-0.25, -0.2) is 0 Å². The Morgan fingerprint density at radius 2 is 1.78 bits per heavy atom. The lowest BCUT2D eigenvalue weighted by atomic mass is 9.96. The average Bonchev–Trinajstić information content (AvgIpc) is 3.47. The number of hydrogen-bond donors (Lipinski definition) is 1. The molecule has 37 heavy (non-hydrogen) atoms. The van der Waals surface area contributed by atoms with Crippen LogP contribution in [0.4, 0.5) is 13.2 Å². The number of aliphatic hydroxyl groups is 1. The van der Waals surface area contributed by atoms with E-state index in [4.69, 9.17) is 9.84 Å². The smallest absolute Gasteiger partial charge is 0.416 e. The molecule has 3 atom stereocenters. The van der Waals surface area contributed by atoms with Gasteiger partial charge in [-0.05, 0) is 81.3 Å². The molecule has 2 aromatic rings. The van der Waals surface area contributed by atoms with Gasteiger partial charge in [-0.2, -0.15) is 13.2 Å². The van der Waals surface area contributed by atoms with Gasteiger partial charge in [-0.1, -0.05) is 6.07 Å². The molecule has 0 aromatic heterocycles. The molecule has 2 saturated heterocycles. The third-order valence-corrected chi connectivity index (χ3v) is 7.94. The highest BCUT2D eigenvalue weighted by molar-refractivity contribution is 5.94. The second-order valence-corrected chi connectivity index (χ2v) is 10.2. The molecule has 202 valence electrons. The van der Waals surface area contributed by atoms with E-state index >= 15 is 0 Å². The van der Waals surface area contributed by atoms with E-state index in [1.165, 1.54) is 23.3 Å². The Labute approximate surface area is 216 Å². The minimum absolute atomic E-state index is 0.0576. The lowest BCUT2D eigenvalue weighted by Crippen LogP contribution is -2.49. The highest BCUT2D eigenvalue weighted by Crippen LogP contribution is 2.39. The summed E-state index contributed by atoms with van der Waals surface area (Å²) >= 11 is 0. The van der Waals surface area contributed by atoms with Crippen LogP contribution in [0.2, 0.25) is 0 Å². The van der Waals surface area contributed by atoms with Gasteiger partial charge in [0.15, 0.2) is 0 Å². The van der Waals surface area contributed by atoms with E-state index in [9.17, 15) is 18.0 Å². The van der Waals surface area contributed by atoms with Gasteiger partial charge in [0.25, 0.3) is 5.91 Å². The Hall–Kier alpha value is -2.62. The summed E-state index contributed by atoms with van der Waals surface area (Å²) in [5.41, 5.74) is 3.08. The predicted octanol–water partition coefficient (Wildman–Crippen LogP) is 4.29. The van der Waals surface area contributed by atoms with Gasteiger partial charge in [0.2, 0.25) is 0 Å². The number of ether oxygens (including phenoxy) is 1. The van der Waals surface area contributed by atoms with Crippen LogP contribution in [0.1, 0.15) is 52.0 Å². The number of carbonyl (C=O) groups is 1. The quantitative estimate of drug-likeness (QED) is 0.536. The van der Waals surface area contributed by atoms with Crippen molar-refractivity contribution in [1.29, 1.82) is 0 Å². The molecular formula is C28H36F3N3O3. The highest BCUT2D eigenvalue weighted by atomic mass is 19.4. The fourth-order valence-corrected chi connectivity index (χ4v) is 5.59. The van der Waals surface area contributed by atoms with Gasteiger partial charge >= 0.3 is 6.18 Å². The molecule has 0 radical (unpaired) electrons. The summed E-state index contributed by atoms with van der Waals surface area (Å²) in [7, 11) is 1.95. The van der Waals surface area contributed by atoms with Crippen molar-refractivity contribution in [2.45, 2.75) is 51.5 Å². The van der Waals surface area contributed by atoms with E-state index in [1.807, 2.05) is 22.9 Å². The summed E-state index contributed by atoms with van der Waals surface area (Å²) in [5.74, 6) is 0.661. The summed E-state index contributed by atoms with van der Waals surface area (Å²) in [6.07, 6.45) is -3.54. The van der Waals surface area contributed by atoms with Crippen molar-refractivity contribution in [3.63, 3.8) is 0 Å². The number of halogens is 3. The lowest BCUT2D eigenvalue weighted by Gasteiger charge is -2.38. The molecule has 4 rings (SSSR count). The molecule has 2 aliphatic rings. The summed E-state index contributed by atoms with van der Waals surface area (Å²) in [5, 5.41) is 9.03. The molecule has 0 spiro atoms. The molecule has 1 N–H and O–H groups in total. The summed E-state index contributed by atoms with van der Waals surface area (Å²) < 4.78 is 44.6. The number of amides is 1. The van der Waals surface area contributed by atoms with Crippen molar-refractivity contribution in [1.82, 2.24) is 14.7 Å². The zero-order chi connectivity index (χ0) is 26.9. The molecule has 6 nitrogen and oxygen atoms in total.